The Morgan fingerprint density at radius 3 is 2.47 bits per heavy atom. The first-order chi connectivity index (χ1) is 14.5. The lowest BCUT2D eigenvalue weighted by molar-refractivity contribution is -0.146. The standard InChI is InChI=1S/C22H28N6O2/c1-28-20(25-26-27-28)17-3-2-4-18(10-17)24-19(29)5-6-23-21(30)22-11-14-7-15(12-22)9-16(8-14)13-22/h2-4,10,14-16H,5-9,11-13H2,1H3,(H,23,30)(H,24,29). The van der Waals surface area contributed by atoms with Crippen molar-refractivity contribution in [2.75, 3.05) is 11.9 Å². The SMILES string of the molecule is Cn1nnnc1-c1cccc(NC(=O)CCNC(=O)C23CC4CC(CC(C4)C2)C3)c1. The van der Waals surface area contributed by atoms with Gasteiger partial charge in [0.15, 0.2) is 5.82 Å². The first-order valence-corrected chi connectivity index (χ1v) is 10.9. The first kappa shape index (κ1) is 19.2. The Balaban J connectivity index is 1.14. The van der Waals surface area contributed by atoms with Crippen molar-refractivity contribution in [3.05, 3.63) is 24.3 Å². The number of amides is 2. The van der Waals surface area contributed by atoms with Crippen LogP contribution in [-0.2, 0) is 16.6 Å². The highest BCUT2D eigenvalue weighted by Gasteiger charge is 2.54. The maximum atomic E-state index is 13.0. The van der Waals surface area contributed by atoms with Crippen LogP contribution in [0.25, 0.3) is 11.4 Å². The molecule has 4 aliphatic carbocycles. The molecule has 6 rings (SSSR count). The van der Waals surface area contributed by atoms with Crippen molar-refractivity contribution in [2.24, 2.45) is 30.2 Å². The molecule has 4 saturated carbocycles. The van der Waals surface area contributed by atoms with Crippen molar-refractivity contribution in [1.82, 2.24) is 25.5 Å². The summed E-state index contributed by atoms with van der Waals surface area (Å²) in [6, 6.07) is 7.43. The molecule has 0 spiro atoms. The van der Waals surface area contributed by atoms with E-state index in [0.717, 1.165) is 42.6 Å². The van der Waals surface area contributed by atoms with E-state index in [-0.39, 0.29) is 23.7 Å². The summed E-state index contributed by atoms with van der Waals surface area (Å²) in [7, 11) is 1.77. The second-order valence-electron chi connectivity index (χ2n) is 9.46. The van der Waals surface area contributed by atoms with Gasteiger partial charge in [-0.25, -0.2) is 4.68 Å². The van der Waals surface area contributed by atoms with Crippen molar-refractivity contribution >= 4 is 17.5 Å². The number of carbonyl (C=O) groups excluding carboxylic acids is 2. The van der Waals surface area contributed by atoms with Crippen LogP contribution in [0.4, 0.5) is 5.69 Å². The van der Waals surface area contributed by atoms with Gasteiger partial charge in [-0.1, -0.05) is 12.1 Å². The van der Waals surface area contributed by atoms with Crippen LogP contribution in [0.15, 0.2) is 24.3 Å². The van der Waals surface area contributed by atoms with E-state index in [1.54, 1.807) is 11.7 Å². The number of carbonyl (C=O) groups is 2. The van der Waals surface area contributed by atoms with Crippen LogP contribution in [-0.4, -0.2) is 38.6 Å². The van der Waals surface area contributed by atoms with Gasteiger partial charge in [-0.05, 0) is 78.8 Å². The number of benzene rings is 1. The molecule has 2 N–H and O–H groups in total. The number of rotatable bonds is 6. The molecular weight excluding hydrogens is 380 g/mol. The zero-order chi connectivity index (χ0) is 20.7. The summed E-state index contributed by atoms with van der Waals surface area (Å²) >= 11 is 0. The molecule has 4 aliphatic rings. The molecule has 8 heteroatoms. The lowest BCUT2D eigenvalue weighted by Crippen LogP contribution is -2.53. The van der Waals surface area contributed by atoms with Crippen molar-refractivity contribution in [2.45, 2.75) is 44.9 Å². The van der Waals surface area contributed by atoms with Crippen LogP contribution in [0.5, 0.6) is 0 Å². The van der Waals surface area contributed by atoms with Gasteiger partial charge in [0.05, 0.1) is 0 Å². The molecule has 0 aliphatic heterocycles. The molecule has 1 aromatic carbocycles. The van der Waals surface area contributed by atoms with Crippen LogP contribution in [0.1, 0.15) is 44.9 Å². The molecule has 0 saturated heterocycles. The van der Waals surface area contributed by atoms with E-state index in [1.165, 1.54) is 19.3 Å². The Bertz CT molecular complexity index is 933. The normalized spacial score (nSPS) is 29.0. The van der Waals surface area contributed by atoms with Crippen molar-refractivity contribution in [3.63, 3.8) is 0 Å². The zero-order valence-electron chi connectivity index (χ0n) is 17.3. The number of aromatic nitrogens is 4. The topological polar surface area (TPSA) is 102 Å². The predicted octanol–water partition coefficient (Wildman–Crippen LogP) is 2.54. The van der Waals surface area contributed by atoms with Crippen molar-refractivity contribution < 1.29 is 9.59 Å². The van der Waals surface area contributed by atoms with Gasteiger partial charge in [-0.15, -0.1) is 5.10 Å². The number of anilines is 1. The molecule has 2 amide bonds. The number of nitrogens with one attached hydrogen (secondary N) is 2. The van der Waals surface area contributed by atoms with Gasteiger partial charge in [0, 0.05) is 36.7 Å². The Morgan fingerprint density at radius 2 is 1.83 bits per heavy atom. The Hall–Kier alpha value is -2.77. The quantitative estimate of drug-likeness (QED) is 0.765. The van der Waals surface area contributed by atoms with E-state index >= 15 is 0 Å². The van der Waals surface area contributed by atoms with Crippen LogP contribution in [0, 0.1) is 23.2 Å². The number of tetrazole rings is 1. The van der Waals surface area contributed by atoms with Crippen LogP contribution < -0.4 is 10.6 Å². The summed E-state index contributed by atoms with van der Waals surface area (Å²) in [6.07, 6.45) is 7.34. The van der Waals surface area contributed by atoms with Gasteiger partial charge in [0.1, 0.15) is 0 Å². The Kier molecular flexibility index (Phi) is 4.79. The lowest BCUT2D eigenvalue weighted by Gasteiger charge is -2.55. The molecule has 158 valence electrons. The maximum Gasteiger partial charge on any atom is 0.226 e. The summed E-state index contributed by atoms with van der Waals surface area (Å²) < 4.78 is 1.58. The minimum Gasteiger partial charge on any atom is -0.355 e. The molecule has 0 radical (unpaired) electrons. The van der Waals surface area contributed by atoms with Crippen molar-refractivity contribution in [1.29, 1.82) is 0 Å². The van der Waals surface area contributed by atoms with Crippen LogP contribution >= 0.6 is 0 Å². The summed E-state index contributed by atoms with van der Waals surface area (Å²) in [6.45, 7) is 0.374. The highest BCUT2D eigenvalue weighted by molar-refractivity contribution is 5.92. The minimum absolute atomic E-state index is 0.117. The number of hydrogen-bond acceptors (Lipinski definition) is 5. The van der Waals surface area contributed by atoms with E-state index in [2.05, 4.69) is 26.2 Å². The Morgan fingerprint density at radius 1 is 1.13 bits per heavy atom. The molecule has 30 heavy (non-hydrogen) atoms. The van der Waals surface area contributed by atoms with Gasteiger partial charge in [0.25, 0.3) is 0 Å². The highest BCUT2D eigenvalue weighted by atomic mass is 16.2. The fourth-order valence-electron chi connectivity index (χ4n) is 6.30. The van der Waals surface area contributed by atoms with Gasteiger partial charge in [0.2, 0.25) is 11.8 Å². The van der Waals surface area contributed by atoms with Gasteiger partial charge < -0.3 is 10.6 Å². The van der Waals surface area contributed by atoms with E-state index in [1.807, 2.05) is 24.3 Å². The Labute approximate surface area is 175 Å². The molecule has 1 aromatic heterocycles. The third kappa shape index (κ3) is 3.59. The second-order valence-corrected chi connectivity index (χ2v) is 9.46. The molecule has 2 aromatic rings. The summed E-state index contributed by atoms with van der Waals surface area (Å²) in [5.41, 5.74) is 1.35. The van der Waals surface area contributed by atoms with E-state index in [4.69, 9.17) is 0 Å². The fourth-order valence-corrected chi connectivity index (χ4v) is 6.30. The smallest absolute Gasteiger partial charge is 0.226 e. The minimum atomic E-state index is -0.163. The summed E-state index contributed by atoms with van der Waals surface area (Å²) in [5.74, 6) is 2.90. The fraction of sp³-hybridized carbons (Fsp3) is 0.591. The summed E-state index contributed by atoms with van der Waals surface area (Å²) in [4.78, 5) is 25.4. The first-order valence-electron chi connectivity index (χ1n) is 10.9. The third-order valence-corrected chi connectivity index (χ3v) is 7.18. The van der Waals surface area contributed by atoms with Gasteiger partial charge in [-0.3, -0.25) is 9.59 Å². The molecule has 8 nitrogen and oxygen atoms in total. The van der Waals surface area contributed by atoms with Crippen LogP contribution in [0.2, 0.25) is 0 Å². The van der Waals surface area contributed by atoms with Gasteiger partial charge in [-0.2, -0.15) is 0 Å². The monoisotopic (exact) mass is 408 g/mol. The number of aryl methyl sites for hydroxylation is 1. The number of hydrogen-bond donors (Lipinski definition) is 2. The maximum absolute atomic E-state index is 13.0. The average Bonchev–Trinajstić information content (AvgIpc) is 3.13. The number of nitrogens with zero attached hydrogens (tertiary/aromatic N) is 4. The molecule has 4 bridgehead atoms. The highest BCUT2D eigenvalue weighted by Crippen LogP contribution is 2.60. The molecular formula is C22H28N6O2. The van der Waals surface area contributed by atoms with E-state index < -0.39 is 0 Å². The molecule has 0 unspecified atom stereocenters. The molecule has 1 heterocycles. The largest absolute Gasteiger partial charge is 0.355 e. The van der Waals surface area contributed by atoms with E-state index in [0.29, 0.717) is 18.1 Å². The second kappa shape index (κ2) is 7.49. The zero-order valence-corrected chi connectivity index (χ0v) is 17.3. The van der Waals surface area contributed by atoms with Crippen LogP contribution in [0.3, 0.4) is 0 Å². The average molecular weight is 409 g/mol. The van der Waals surface area contributed by atoms with E-state index in [9.17, 15) is 9.59 Å². The van der Waals surface area contributed by atoms with Crippen molar-refractivity contribution in [3.8, 4) is 11.4 Å². The lowest BCUT2D eigenvalue weighted by atomic mass is 9.49. The summed E-state index contributed by atoms with van der Waals surface area (Å²) in [5, 5.41) is 17.5. The predicted molar refractivity (Wildman–Crippen MR) is 111 cm³/mol. The van der Waals surface area contributed by atoms with Gasteiger partial charge >= 0.3 is 0 Å². The third-order valence-electron chi connectivity index (χ3n) is 7.18. The molecule has 0 atom stereocenters. The molecule has 4 fully saturated rings.